The molecule has 1 fully saturated rings. The monoisotopic (exact) mass is 379 g/mol. The number of aromatic nitrogens is 2. The zero-order chi connectivity index (χ0) is 19.3. The van der Waals surface area contributed by atoms with Crippen LogP contribution in [0.2, 0.25) is 5.02 Å². The molecule has 4 rings (SSSR count). The number of aryl methyl sites for hydroxylation is 4. The van der Waals surface area contributed by atoms with Crippen LogP contribution in [0.3, 0.4) is 0 Å². The van der Waals surface area contributed by atoms with Crippen molar-refractivity contribution in [2.24, 2.45) is 5.92 Å². The van der Waals surface area contributed by atoms with Crippen LogP contribution in [0, 0.1) is 40.5 Å². The predicted molar refractivity (Wildman–Crippen MR) is 114 cm³/mol. The molecule has 2 aromatic heterocycles. The van der Waals surface area contributed by atoms with Crippen LogP contribution in [0.5, 0.6) is 0 Å². The third kappa shape index (κ3) is 3.23. The van der Waals surface area contributed by atoms with Crippen molar-refractivity contribution in [3.05, 3.63) is 58.7 Å². The van der Waals surface area contributed by atoms with Gasteiger partial charge in [-0.3, -0.25) is 0 Å². The van der Waals surface area contributed by atoms with Crippen molar-refractivity contribution in [2.75, 3.05) is 18.0 Å². The van der Waals surface area contributed by atoms with Crippen molar-refractivity contribution in [1.29, 1.82) is 0 Å². The lowest BCUT2D eigenvalue weighted by Crippen LogP contribution is -2.33. The zero-order valence-electron chi connectivity index (χ0n) is 16.5. The van der Waals surface area contributed by atoms with E-state index in [0.717, 1.165) is 53.4 Å². The van der Waals surface area contributed by atoms with E-state index in [1.807, 2.05) is 12.1 Å². The maximum atomic E-state index is 6.26. The van der Waals surface area contributed by atoms with Gasteiger partial charge < -0.3 is 9.47 Å². The molecule has 1 saturated heterocycles. The first-order valence-corrected chi connectivity index (χ1v) is 10.00. The first-order chi connectivity index (χ1) is 12.8. The number of piperidine rings is 1. The van der Waals surface area contributed by atoms with E-state index < -0.39 is 0 Å². The highest BCUT2D eigenvalue weighted by atomic mass is 35.5. The molecule has 0 amide bonds. The minimum atomic E-state index is 0.324. The quantitative estimate of drug-likeness (QED) is 0.557. The van der Waals surface area contributed by atoms with Gasteiger partial charge in [0.1, 0.15) is 5.65 Å². The van der Waals surface area contributed by atoms with Gasteiger partial charge in [0.2, 0.25) is 0 Å². The Kier molecular flexibility index (Phi) is 4.67. The van der Waals surface area contributed by atoms with E-state index in [0.29, 0.717) is 5.92 Å². The summed E-state index contributed by atoms with van der Waals surface area (Å²) in [5.74, 6) is 0.324. The Morgan fingerprint density at radius 1 is 1.00 bits per heavy atom. The van der Waals surface area contributed by atoms with Crippen LogP contribution in [0.25, 0.3) is 16.7 Å². The van der Waals surface area contributed by atoms with Gasteiger partial charge in [0.25, 0.3) is 0 Å². The van der Waals surface area contributed by atoms with Gasteiger partial charge in [0.05, 0.1) is 5.69 Å². The van der Waals surface area contributed by atoms with E-state index >= 15 is 0 Å². The summed E-state index contributed by atoms with van der Waals surface area (Å²) in [6, 6.07) is 6.26. The molecule has 0 unspecified atom stereocenters. The Balaban J connectivity index is 1.93. The van der Waals surface area contributed by atoms with Crippen LogP contribution in [-0.4, -0.2) is 22.6 Å². The average molecular weight is 380 g/mol. The van der Waals surface area contributed by atoms with Crippen LogP contribution in [0.4, 0.5) is 5.69 Å². The molecule has 2 radical (unpaired) electrons. The number of halogens is 1. The lowest BCUT2D eigenvalue weighted by atomic mass is 9.98. The summed E-state index contributed by atoms with van der Waals surface area (Å²) in [5.41, 5.74) is 8.07. The zero-order valence-corrected chi connectivity index (χ0v) is 17.3. The van der Waals surface area contributed by atoms with Gasteiger partial charge in [0.15, 0.2) is 0 Å². The molecule has 0 atom stereocenters. The Morgan fingerprint density at radius 2 is 1.63 bits per heavy atom. The lowest BCUT2D eigenvalue weighted by molar-refractivity contribution is 0.476. The van der Waals surface area contributed by atoms with E-state index in [1.165, 1.54) is 22.3 Å². The molecular formula is C23H26ClN3. The Morgan fingerprint density at radius 3 is 2.26 bits per heavy atom. The Hall–Kier alpha value is -2.00. The number of pyridine rings is 1. The highest BCUT2D eigenvalue weighted by molar-refractivity contribution is 6.30. The van der Waals surface area contributed by atoms with Gasteiger partial charge in [-0.2, -0.15) is 0 Å². The molecule has 3 aromatic rings. The number of nitrogens with zero attached hydrogens (tertiary/aromatic N) is 3. The minimum absolute atomic E-state index is 0.324. The summed E-state index contributed by atoms with van der Waals surface area (Å²) in [4.78, 5) is 7.40. The first-order valence-electron chi connectivity index (χ1n) is 9.62. The van der Waals surface area contributed by atoms with Crippen LogP contribution in [-0.2, 0) is 0 Å². The predicted octanol–water partition coefficient (Wildman–Crippen LogP) is 5.84. The average Bonchev–Trinajstić information content (AvgIpc) is 2.90. The van der Waals surface area contributed by atoms with Crippen molar-refractivity contribution in [3.8, 4) is 5.69 Å². The molecule has 0 saturated carbocycles. The van der Waals surface area contributed by atoms with Gasteiger partial charge in [-0.15, -0.1) is 0 Å². The van der Waals surface area contributed by atoms with E-state index in [9.17, 15) is 0 Å². The SMILES string of the molecule is [CH]C1CCN(c2cc(C)nc3c2c(C)cn3-c2c(C)cc(Cl)cc2C)CC1. The third-order valence-electron chi connectivity index (χ3n) is 5.63. The first kappa shape index (κ1) is 18.4. The van der Waals surface area contributed by atoms with Gasteiger partial charge >= 0.3 is 0 Å². The smallest absolute Gasteiger partial charge is 0.147 e. The Bertz CT molecular complexity index is 987. The maximum absolute atomic E-state index is 6.26. The summed E-state index contributed by atoms with van der Waals surface area (Å²) in [7, 11) is 0. The number of anilines is 1. The van der Waals surface area contributed by atoms with Crippen LogP contribution in [0.1, 0.15) is 35.2 Å². The van der Waals surface area contributed by atoms with E-state index in [1.54, 1.807) is 0 Å². The molecule has 1 aliphatic heterocycles. The molecule has 0 spiro atoms. The molecule has 0 aliphatic carbocycles. The van der Waals surface area contributed by atoms with Crippen molar-refractivity contribution in [1.82, 2.24) is 9.55 Å². The van der Waals surface area contributed by atoms with Gasteiger partial charge in [-0.05, 0) is 88.3 Å². The molecule has 0 N–H and O–H groups in total. The molecule has 4 heteroatoms. The van der Waals surface area contributed by atoms with E-state index in [2.05, 4.69) is 49.4 Å². The fraction of sp³-hybridized carbons (Fsp3) is 0.391. The van der Waals surface area contributed by atoms with Crippen molar-refractivity contribution in [2.45, 2.75) is 40.5 Å². The second-order valence-corrected chi connectivity index (χ2v) is 8.31. The minimum Gasteiger partial charge on any atom is -0.371 e. The number of benzene rings is 1. The van der Waals surface area contributed by atoms with E-state index in [-0.39, 0.29) is 0 Å². The largest absolute Gasteiger partial charge is 0.371 e. The fourth-order valence-electron chi connectivity index (χ4n) is 4.36. The highest BCUT2D eigenvalue weighted by Gasteiger charge is 2.22. The van der Waals surface area contributed by atoms with Gasteiger partial charge in [-0.1, -0.05) is 11.6 Å². The highest BCUT2D eigenvalue weighted by Crippen LogP contribution is 2.36. The standard InChI is InChI=1S/C23H26ClN3/c1-14-6-8-26(9-7-14)20-12-18(5)25-23-21(20)17(4)13-27(23)22-15(2)10-19(24)11-16(22)3/h1,10-14H,6-9H2,2-5H3. The van der Waals surface area contributed by atoms with Crippen LogP contribution in [0.15, 0.2) is 24.4 Å². The van der Waals surface area contributed by atoms with Crippen molar-refractivity contribution >= 4 is 28.3 Å². The van der Waals surface area contributed by atoms with Crippen molar-refractivity contribution in [3.63, 3.8) is 0 Å². The third-order valence-corrected chi connectivity index (χ3v) is 5.85. The van der Waals surface area contributed by atoms with Crippen LogP contribution < -0.4 is 4.90 Å². The lowest BCUT2D eigenvalue weighted by Gasteiger charge is -2.32. The molecule has 140 valence electrons. The molecule has 3 nitrogen and oxygen atoms in total. The van der Waals surface area contributed by atoms with Gasteiger partial charge in [0, 0.05) is 41.1 Å². The summed E-state index contributed by atoms with van der Waals surface area (Å²) >= 11 is 6.26. The summed E-state index contributed by atoms with van der Waals surface area (Å²) in [5, 5.41) is 2.02. The van der Waals surface area contributed by atoms with Crippen molar-refractivity contribution < 1.29 is 0 Å². The summed E-state index contributed by atoms with van der Waals surface area (Å²) < 4.78 is 2.23. The number of rotatable bonds is 2. The molecule has 1 aromatic carbocycles. The number of fused-ring (bicyclic) bond motifs is 1. The molecule has 0 bridgehead atoms. The molecular weight excluding hydrogens is 354 g/mol. The van der Waals surface area contributed by atoms with Crippen LogP contribution >= 0.6 is 11.6 Å². The van der Waals surface area contributed by atoms with Gasteiger partial charge in [-0.25, -0.2) is 4.98 Å². The summed E-state index contributed by atoms with van der Waals surface area (Å²) in [6.45, 7) is 16.6. The normalized spacial score (nSPS) is 15.7. The fourth-order valence-corrected chi connectivity index (χ4v) is 4.68. The maximum Gasteiger partial charge on any atom is 0.147 e. The summed E-state index contributed by atoms with van der Waals surface area (Å²) in [6.07, 6.45) is 4.29. The second kappa shape index (κ2) is 6.87. The Labute approximate surface area is 167 Å². The molecule has 1 aliphatic rings. The van der Waals surface area contributed by atoms with E-state index in [4.69, 9.17) is 23.5 Å². The topological polar surface area (TPSA) is 21.1 Å². The number of hydrogen-bond acceptors (Lipinski definition) is 2. The second-order valence-electron chi connectivity index (χ2n) is 7.88. The molecule has 27 heavy (non-hydrogen) atoms. The number of hydrogen-bond donors (Lipinski definition) is 0. The molecule has 3 heterocycles.